The molecule has 0 spiro atoms. The number of aryl methyl sites for hydroxylation is 1. The second-order valence-corrected chi connectivity index (χ2v) is 4.87. The van der Waals surface area contributed by atoms with E-state index in [1.807, 2.05) is 43.3 Å². The minimum atomic E-state index is 0.676. The molecule has 3 heteroatoms. The highest BCUT2D eigenvalue weighted by Gasteiger charge is 2.01. The van der Waals surface area contributed by atoms with E-state index in [0.29, 0.717) is 13.2 Å². The fourth-order valence-electron chi connectivity index (χ4n) is 2.01. The highest BCUT2D eigenvalue weighted by molar-refractivity contribution is 5.56. The summed E-state index contributed by atoms with van der Waals surface area (Å²) in [5, 5.41) is 3.39. The maximum absolute atomic E-state index is 5.71. The molecule has 21 heavy (non-hydrogen) atoms. The van der Waals surface area contributed by atoms with Crippen molar-refractivity contribution >= 4 is 5.69 Å². The molecule has 0 atom stereocenters. The average Bonchev–Trinajstić information content (AvgIpc) is 2.51. The molecule has 0 aliphatic heterocycles. The van der Waals surface area contributed by atoms with Crippen molar-refractivity contribution < 1.29 is 9.47 Å². The summed E-state index contributed by atoms with van der Waals surface area (Å²) in [7, 11) is 0. The topological polar surface area (TPSA) is 30.5 Å². The zero-order chi connectivity index (χ0) is 14.9. The van der Waals surface area contributed by atoms with Gasteiger partial charge in [-0.3, -0.25) is 0 Å². The molecule has 2 aromatic carbocycles. The third kappa shape index (κ3) is 5.03. The molecule has 0 heterocycles. The lowest BCUT2D eigenvalue weighted by molar-refractivity contribution is 0.314. The van der Waals surface area contributed by atoms with Crippen LogP contribution >= 0.6 is 0 Å². The lowest BCUT2D eigenvalue weighted by atomic mass is 10.2. The van der Waals surface area contributed by atoms with E-state index >= 15 is 0 Å². The summed E-state index contributed by atoms with van der Waals surface area (Å²) < 4.78 is 11.3. The number of anilines is 1. The van der Waals surface area contributed by atoms with Crippen LogP contribution in [0.2, 0.25) is 0 Å². The van der Waals surface area contributed by atoms with Gasteiger partial charge in [0.2, 0.25) is 0 Å². The van der Waals surface area contributed by atoms with Gasteiger partial charge in [0.1, 0.15) is 11.5 Å². The molecule has 0 amide bonds. The predicted octanol–water partition coefficient (Wildman–Crippen LogP) is 4.27. The molecule has 0 aliphatic rings. The maximum atomic E-state index is 5.71. The van der Waals surface area contributed by atoms with Gasteiger partial charge < -0.3 is 14.8 Å². The van der Waals surface area contributed by atoms with Crippen LogP contribution in [0.1, 0.15) is 18.9 Å². The largest absolute Gasteiger partial charge is 0.494 e. The van der Waals surface area contributed by atoms with Gasteiger partial charge in [-0.25, -0.2) is 0 Å². The highest BCUT2D eigenvalue weighted by atomic mass is 16.5. The lowest BCUT2D eigenvalue weighted by Crippen LogP contribution is -2.08. The Labute approximate surface area is 126 Å². The summed E-state index contributed by atoms with van der Waals surface area (Å²) in [6.45, 7) is 6.30. The molecule has 112 valence electrons. The molecule has 0 fully saturated rings. The van der Waals surface area contributed by atoms with Crippen molar-refractivity contribution in [2.75, 3.05) is 25.1 Å². The number of hydrogen-bond acceptors (Lipinski definition) is 3. The van der Waals surface area contributed by atoms with Gasteiger partial charge in [-0.15, -0.1) is 0 Å². The Bertz CT molecular complexity index is 537. The van der Waals surface area contributed by atoms with Crippen LogP contribution in [0.15, 0.2) is 48.5 Å². The number of benzene rings is 2. The number of para-hydroxylation sites is 2. The second-order valence-electron chi connectivity index (χ2n) is 4.87. The molecule has 0 bridgehead atoms. The van der Waals surface area contributed by atoms with E-state index in [1.54, 1.807) is 0 Å². The first-order chi connectivity index (χ1) is 10.3. The quantitative estimate of drug-likeness (QED) is 0.735. The average molecular weight is 285 g/mol. The Morgan fingerprint density at radius 3 is 2.48 bits per heavy atom. The van der Waals surface area contributed by atoms with Gasteiger partial charge in [-0.05, 0) is 44.5 Å². The number of hydrogen-bond donors (Lipinski definition) is 1. The van der Waals surface area contributed by atoms with Crippen molar-refractivity contribution in [2.45, 2.75) is 20.3 Å². The molecule has 1 N–H and O–H groups in total. The molecule has 0 saturated heterocycles. The first-order valence-corrected chi connectivity index (χ1v) is 7.44. The van der Waals surface area contributed by atoms with E-state index in [-0.39, 0.29) is 0 Å². The van der Waals surface area contributed by atoms with Crippen LogP contribution in [0.5, 0.6) is 11.5 Å². The monoisotopic (exact) mass is 285 g/mol. The van der Waals surface area contributed by atoms with Crippen LogP contribution in [0.3, 0.4) is 0 Å². The standard InChI is InChI=1S/C18H23NO2/c1-3-20-18-8-5-4-7-17(18)19-13-6-14-21-16-11-9-15(2)10-12-16/h4-5,7-12,19H,3,6,13-14H2,1-2H3. The van der Waals surface area contributed by atoms with Crippen molar-refractivity contribution in [3.63, 3.8) is 0 Å². The summed E-state index contributed by atoms with van der Waals surface area (Å²) in [4.78, 5) is 0. The zero-order valence-electron chi connectivity index (χ0n) is 12.8. The van der Waals surface area contributed by atoms with Crippen molar-refractivity contribution in [3.05, 3.63) is 54.1 Å². The first kappa shape index (κ1) is 15.2. The molecule has 0 radical (unpaired) electrons. The summed E-state index contributed by atoms with van der Waals surface area (Å²) in [6, 6.07) is 16.1. The van der Waals surface area contributed by atoms with Crippen LogP contribution in [0.25, 0.3) is 0 Å². The summed E-state index contributed by atoms with van der Waals surface area (Å²) in [6.07, 6.45) is 0.939. The minimum absolute atomic E-state index is 0.676. The SMILES string of the molecule is CCOc1ccccc1NCCCOc1ccc(C)cc1. The Balaban J connectivity index is 1.71. The Morgan fingerprint density at radius 2 is 1.71 bits per heavy atom. The van der Waals surface area contributed by atoms with Gasteiger partial charge in [0, 0.05) is 6.54 Å². The predicted molar refractivity (Wildman–Crippen MR) is 87.4 cm³/mol. The Morgan fingerprint density at radius 1 is 0.952 bits per heavy atom. The summed E-state index contributed by atoms with van der Waals surface area (Å²) in [5.74, 6) is 1.83. The van der Waals surface area contributed by atoms with Gasteiger partial charge in [0.15, 0.2) is 0 Å². The molecule has 2 rings (SSSR count). The molecule has 3 nitrogen and oxygen atoms in total. The summed E-state index contributed by atoms with van der Waals surface area (Å²) in [5.41, 5.74) is 2.28. The van der Waals surface area contributed by atoms with Gasteiger partial charge in [-0.2, -0.15) is 0 Å². The highest BCUT2D eigenvalue weighted by Crippen LogP contribution is 2.23. The summed E-state index contributed by atoms with van der Waals surface area (Å²) >= 11 is 0. The maximum Gasteiger partial charge on any atom is 0.142 e. The van der Waals surface area contributed by atoms with Crippen LogP contribution in [0, 0.1) is 6.92 Å². The lowest BCUT2D eigenvalue weighted by Gasteiger charge is -2.12. The molecule has 0 aliphatic carbocycles. The third-order valence-corrected chi connectivity index (χ3v) is 3.11. The van der Waals surface area contributed by atoms with Gasteiger partial charge >= 0.3 is 0 Å². The van der Waals surface area contributed by atoms with Gasteiger partial charge in [0.25, 0.3) is 0 Å². The minimum Gasteiger partial charge on any atom is -0.494 e. The van der Waals surface area contributed by atoms with Crippen molar-refractivity contribution in [2.24, 2.45) is 0 Å². The number of ether oxygens (including phenoxy) is 2. The molecule has 0 unspecified atom stereocenters. The van der Waals surface area contributed by atoms with Gasteiger partial charge in [0.05, 0.1) is 18.9 Å². The van der Waals surface area contributed by atoms with E-state index in [4.69, 9.17) is 9.47 Å². The van der Waals surface area contributed by atoms with E-state index in [9.17, 15) is 0 Å². The Kier molecular flexibility index (Phi) is 5.95. The van der Waals surface area contributed by atoms with E-state index in [1.165, 1.54) is 5.56 Å². The fourth-order valence-corrected chi connectivity index (χ4v) is 2.01. The van der Waals surface area contributed by atoms with Gasteiger partial charge in [-0.1, -0.05) is 29.8 Å². The van der Waals surface area contributed by atoms with Crippen LogP contribution in [0.4, 0.5) is 5.69 Å². The van der Waals surface area contributed by atoms with Crippen molar-refractivity contribution in [1.82, 2.24) is 0 Å². The van der Waals surface area contributed by atoms with Crippen molar-refractivity contribution in [1.29, 1.82) is 0 Å². The van der Waals surface area contributed by atoms with E-state index < -0.39 is 0 Å². The molecule has 0 aromatic heterocycles. The first-order valence-electron chi connectivity index (χ1n) is 7.44. The van der Waals surface area contributed by atoms with Crippen LogP contribution < -0.4 is 14.8 Å². The zero-order valence-corrected chi connectivity index (χ0v) is 12.8. The second kappa shape index (κ2) is 8.20. The van der Waals surface area contributed by atoms with Crippen molar-refractivity contribution in [3.8, 4) is 11.5 Å². The number of nitrogens with one attached hydrogen (secondary N) is 1. The number of rotatable bonds is 8. The molecule has 0 saturated carbocycles. The van der Waals surface area contributed by atoms with Crippen LogP contribution in [-0.2, 0) is 0 Å². The fraction of sp³-hybridized carbons (Fsp3) is 0.333. The molecular formula is C18H23NO2. The van der Waals surface area contributed by atoms with E-state index in [0.717, 1.165) is 30.2 Å². The normalized spacial score (nSPS) is 10.2. The third-order valence-electron chi connectivity index (χ3n) is 3.11. The molecular weight excluding hydrogens is 262 g/mol. The molecule has 2 aromatic rings. The Hall–Kier alpha value is -2.16. The smallest absolute Gasteiger partial charge is 0.142 e. The van der Waals surface area contributed by atoms with E-state index in [2.05, 4.69) is 24.4 Å². The van der Waals surface area contributed by atoms with Crippen LogP contribution in [-0.4, -0.2) is 19.8 Å².